The third-order valence-corrected chi connectivity index (χ3v) is 7.64. The molecule has 0 radical (unpaired) electrons. The number of aromatic nitrogens is 2. The number of ether oxygens (including phenoxy) is 1. The highest BCUT2D eigenvalue weighted by molar-refractivity contribution is 7.18. The maximum atomic E-state index is 13.8. The molecule has 0 saturated heterocycles. The first kappa shape index (κ1) is 22.4. The minimum Gasteiger partial charge on any atom is -0.495 e. The Hall–Kier alpha value is -3.36. The van der Waals surface area contributed by atoms with Crippen LogP contribution in [0.1, 0.15) is 22.9 Å². The SMILES string of the molecule is COc1ccccc1-n1c(=O)c2c3c(sc2n(Cc2ccc(Cl)cc2)c1=O)CN(C(C)=O)CC3. The zero-order valence-corrected chi connectivity index (χ0v) is 20.3. The van der Waals surface area contributed by atoms with Crippen molar-refractivity contribution < 1.29 is 9.53 Å². The summed E-state index contributed by atoms with van der Waals surface area (Å²) in [5.41, 5.74) is 1.38. The largest absolute Gasteiger partial charge is 0.495 e. The van der Waals surface area contributed by atoms with Crippen LogP contribution < -0.4 is 16.0 Å². The summed E-state index contributed by atoms with van der Waals surface area (Å²) in [4.78, 5) is 42.9. The van der Waals surface area contributed by atoms with E-state index in [9.17, 15) is 14.4 Å². The molecule has 34 heavy (non-hydrogen) atoms. The van der Waals surface area contributed by atoms with Gasteiger partial charge >= 0.3 is 5.69 Å². The lowest BCUT2D eigenvalue weighted by molar-refractivity contribution is -0.129. The van der Waals surface area contributed by atoms with Crippen LogP contribution in [0.15, 0.2) is 58.1 Å². The maximum absolute atomic E-state index is 13.8. The Balaban J connectivity index is 1.81. The molecule has 1 aliphatic heterocycles. The molecule has 0 unspecified atom stereocenters. The van der Waals surface area contributed by atoms with E-state index in [1.54, 1.807) is 52.8 Å². The highest BCUT2D eigenvalue weighted by atomic mass is 35.5. The van der Waals surface area contributed by atoms with Crippen LogP contribution in [0.25, 0.3) is 15.9 Å². The third-order valence-electron chi connectivity index (χ3n) is 6.15. The van der Waals surface area contributed by atoms with Gasteiger partial charge in [-0.05, 0) is 41.8 Å². The molecule has 5 rings (SSSR count). The standard InChI is InChI=1S/C25H22ClN3O4S/c1-15(30)27-12-11-18-21(14-27)34-24-22(18)23(31)29(19-5-3-4-6-20(19)33-2)25(32)28(24)13-16-7-9-17(26)10-8-16/h3-10H,11-14H2,1-2H3. The summed E-state index contributed by atoms with van der Waals surface area (Å²) in [5.74, 6) is 0.430. The normalized spacial score (nSPS) is 13.2. The number of fused-ring (bicyclic) bond motifs is 3. The van der Waals surface area contributed by atoms with Crippen molar-refractivity contribution in [2.24, 2.45) is 0 Å². The van der Waals surface area contributed by atoms with E-state index >= 15 is 0 Å². The fourth-order valence-electron chi connectivity index (χ4n) is 4.41. The Labute approximate surface area is 204 Å². The van der Waals surface area contributed by atoms with Crippen molar-refractivity contribution in [2.45, 2.75) is 26.4 Å². The minimum absolute atomic E-state index is 0.00639. The fraction of sp³-hybridized carbons (Fsp3) is 0.240. The molecule has 0 spiro atoms. The van der Waals surface area contributed by atoms with Gasteiger partial charge in [-0.15, -0.1) is 11.3 Å². The van der Waals surface area contributed by atoms with Crippen LogP contribution in [-0.4, -0.2) is 33.6 Å². The van der Waals surface area contributed by atoms with Crippen molar-refractivity contribution >= 4 is 39.1 Å². The predicted octanol–water partition coefficient (Wildman–Crippen LogP) is 3.83. The quantitative estimate of drug-likeness (QED) is 0.431. The van der Waals surface area contributed by atoms with Gasteiger partial charge in [0.05, 0.1) is 31.3 Å². The van der Waals surface area contributed by atoms with Gasteiger partial charge in [0, 0.05) is 23.4 Å². The molecular weight excluding hydrogens is 474 g/mol. The summed E-state index contributed by atoms with van der Waals surface area (Å²) < 4.78 is 8.29. The Morgan fingerprint density at radius 3 is 2.56 bits per heavy atom. The highest BCUT2D eigenvalue weighted by Crippen LogP contribution is 2.34. The first-order valence-corrected chi connectivity index (χ1v) is 12.0. The van der Waals surface area contributed by atoms with Crippen molar-refractivity contribution in [3.05, 3.63) is 90.4 Å². The summed E-state index contributed by atoms with van der Waals surface area (Å²) in [6, 6.07) is 14.3. The van der Waals surface area contributed by atoms with Crippen LogP contribution >= 0.6 is 22.9 Å². The number of halogens is 1. The zero-order valence-electron chi connectivity index (χ0n) is 18.7. The highest BCUT2D eigenvalue weighted by Gasteiger charge is 2.28. The van der Waals surface area contributed by atoms with Gasteiger partial charge in [-0.3, -0.25) is 14.2 Å². The lowest BCUT2D eigenvalue weighted by atomic mass is 10.1. The lowest BCUT2D eigenvalue weighted by Crippen LogP contribution is -2.39. The second-order valence-corrected chi connectivity index (χ2v) is 9.70. The van der Waals surface area contributed by atoms with E-state index in [0.717, 1.165) is 16.0 Å². The van der Waals surface area contributed by atoms with Crippen molar-refractivity contribution in [3.63, 3.8) is 0 Å². The van der Waals surface area contributed by atoms with E-state index in [4.69, 9.17) is 16.3 Å². The maximum Gasteiger partial charge on any atom is 0.337 e. The molecule has 3 heterocycles. The van der Waals surface area contributed by atoms with Crippen LogP contribution in [0.2, 0.25) is 5.02 Å². The van der Waals surface area contributed by atoms with Gasteiger partial charge in [0.1, 0.15) is 10.6 Å². The van der Waals surface area contributed by atoms with Gasteiger partial charge in [-0.2, -0.15) is 0 Å². The van der Waals surface area contributed by atoms with Crippen LogP contribution in [0, 0.1) is 0 Å². The molecule has 1 amide bonds. The minimum atomic E-state index is -0.445. The molecule has 2 aromatic heterocycles. The number of nitrogens with zero attached hydrogens (tertiary/aromatic N) is 3. The molecule has 9 heteroatoms. The second-order valence-electron chi connectivity index (χ2n) is 8.18. The Bertz CT molecular complexity index is 1540. The van der Waals surface area contributed by atoms with Gasteiger partial charge < -0.3 is 9.64 Å². The number of hydrogen-bond acceptors (Lipinski definition) is 5. The number of thiophene rings is 1. The molecule has 174 valence electrons. The van der Waals surface area contributed by atoms with Gasteiger partial charge in [-0.1, -0.05) is 35.9 Å². The summed E-state index contributed by atoms with van der Waals surface area (Å²) >= 11 is 7.46. The molecule has 1 aliphatic rings. The van der Waals surface area contributed by atoms with Crippen molar-refractivity contribution in [1.82, 2.24) is 14.0 Å². The fourth-order valence-corrected chi connectivity index (χ4v) is 5.89. The van der Waals surface area contributed by atoms with Crippen LogP contribution in [-0.2, 0) is 24.3 Å². The van der Waals surface area contributed by atoms with Crippen LogP contribution in [0.3, 0.4) is 0 Å². The van der Waals surface area contributed by atoms with E-state index in [1.165, 1.54) is 23.0 Å². The lowest BCUT2D eigenvalue weighted by Gasteiger charge is -2.25. The number of amides is 1. The number of carbonyl (C=O) groups is 1. The molecular formula is C25H22ClN3O4S. The average Bonchev–Trinajstić information content (AvgIpc) is 3.22. The Kier molecular flexibility index (Phi) is 5.79. The van der Waals surface area contributed by atoms with E-state index < -0.39 is 5.69 Å². The number of rotatable bonds is 4. The van der Waals surface area contributed by atoms with Crippen LogP contribution in [0.4, 0.5) is 0 Å². The topological polar surface area (TPSA) is 73.5 Å². The molecule has 0 fully saturated rings. The van der Waals surface area contributed by atoms with Crippen molar-refractivity contribution in [3.8, 4) is 11.4 Å². The molecule has 0 atom stereocenters. The first-order chi connectivity index (χ1) is 16.4. The van der Waals surface area contributed by atoms with E-state index in [1.807, 2.05) is 12.1 Å². The Morgan fingerprint density at radius 1 is 1.12 bits per heavy atom. The van der Waals surface area contributed by atoms with Gasteiger partial charge in [0.25, 0.3) is 5.56 Å². The summed E-state index contributed by atoms with van der Waals surface area (Å²) in [7, 11) is 1.51. The van der Waals surface area contributed by atoms with Crippen LogP contribution in [0.5, 0.6) is 5.75 Å². The number of hydrogen-bond donors (Lipinski definition) is 0. The molecule has 2 aromatic carbocycles. The van der Waals surface area contributed by atoms with E-state index in [-0.39, 0.29) is 18.0 Å². The molecule has 0 N–H and O–H groups in total. The van der Waals surface area contributed by atoms with Gasteiger partial charge in [0.2, 0.25) is 5.91 Å². The predicted molar refractivity (Wildman–Crippen MR) is 134 cm³/mol. The number of methoxy groups -OCH3 is 1. The summed E-state index contributed by atoms with van der Waals surface area (Å²) in [5, 5.41) is 1.14. The average molecular weight is 496 g/mol. The molecule has 7 nitrogen and oxygen atoms in total. The monoisotopic (exact) mass is 495 g/mol. The molecule has 0 aliphatic carbocycles. The number of carbonyl (C=O) groups excluding carboxylic acids is 1. The van der Waals surface area contributed by atoms with E-state index in [2.05, 4.69) is 0 Å². The zero-order chi connectivity index (χ0) is 24.0. The smallest absolute Gasteiger partial charge is 0.337 e. The molecule has 0 saturated carbocycles. The van der Waals surface area contributed by atoms with Crippen molar-refractivity contribution in [2.75, 3.05) is 13.7 Å². The molecule has 0 bridgehead atoms. The molecule has 4 aromatic rings. The van der Waals surface area contributed by atoms with E-state index in [0.29, 0.717) is 46.2 Å². The Morgan fingerprint density at radius 2 is 1.85 bits per heavy atom. The van der Waals surface area contributed by atoms with Gasteiger partial charge in [-0.25, -0.2) is 9.36 Å². The summed E-state index contributed by atoms with van der Waals surface area (Å²) in [6.45, 7) is 2.80. The number of benzene rings is 2. The number of para-hydroxylation sites is 2. The summed E-state index contributed by atoms with van der Waals surface area (Å²) in [6.07, 6.45) is 0.565. The van der Waals surface area contributed by atoms with Crippen molar-refractivity contribution in [1.29, 1.82) is 0 Å². The first-order valence-electron chi connectivity index (χ1n) is 10.8. The van der Waals surface area contributed by atoms with Gasteiger partial charge in [0.15, 0.2) is 0 Å². The second kappa shape index (κ2) is 8.77. The third kappa shape index (κ3) is 3.73.